The quantitative estimate of drug-likeness (QED) is 0.467. The molecule has 0 amide bonds. The Morgan fingerprint density at radius 2 is 1.56 bits per heavy atom. The first-order chi connectivity index (χ1) is 12.3. The first-order valence-corrected chi connectivity index (χ1v) is 8.35. The molecule has 2 aromatic rings. The molecule has 0 fully saturated rings. The molecule has 4 nitrogen and oxygen atoms in total. The molecule has 2 aromatic carbocycles. The van der Waals surface area contributed by atoms with Crippen LogP contribution >= 0.6 is 0 Å². The fourth-order valence-electron chi connectivity index (χ4n) is 2.89. The van der Waals surface area contributed by atoms with Crippen molar-refractivity contribution in [2.45, 2.75) is 19.8 Å². The van der Waals surface area contributed by atoms with Gasteiger partial charge < -0.3 is 18.9 Å². The van der Waals surface area contributed by atoms with Gasteiger partial charge in [-0.1, -0.05) is 43.3 Å². The summed E-state index contributed by atoms with van der Waals surface area (Å²) in [7, 11) is 3.21. The van der Waals surface area contributed by atoms with E-state index in [1.807, 2.05) is 30.3 Å². The molecule has 0 spiro atoms. The lowest BCUT2D eigenvalue weighted by Crippen LogP contribution is -2.08. The van der Waals surface area contributed by atoms with Gasteiger partial charge in [0.25, 0.3) is 0 Å². The first kappa shape index (κ1) is 19.0. The number of benzene rings is 2. The highest BCUT2D eigenvalue weighted by Gasteiger charge is 2.20. The van der Waals surface area contributed by atoms with Crippen molar-refractivity contribution in [3.63, 3.8) is 0 Å². The molecule has 0 bridgehead atoms. The van der Waals surface area contributed by atoms with Gasteiger partial charge in [-0.15, -0.1) is 6.58 Å². The molecule has 0 N–H and O–H groups in total. The molecule has 0 aliphatic rings. The SMILES string of the molecule is C=CCc1c(CC)c(OCOC)cc(OCOC)c1-c1ccccc1. The van der Waals surface area contributed by atoms with Crippen LogP contribution in [-0.2, 0) is 22.3 Å². The van der Waals surface area contributed by atoms with Crippen LogP contribution in [0, 0.1) is 0 Å². The van der Waals surface area contributed by atoms with Gasteiger partial charge in [-0.3, -0.25) is 0 Å². The minimum Gasteiger partial charge on any atom is -0.467 e. The van der Waals surface area contributed by atoms with Gasteiger partial charge in [0.1, 0.15) is 11.5 Å². The molecule has 25 heavy (non-hydrogen) atoms. The van der Waals surface area contributed by atoms with E-state index in [0.717, 1.165) is 46.6 Å². The minimum absolute atomic E-state index is 0.169. The van der Waals surface area contributed by atoms with Crippen LogP contribution < -0.4 is 9.47 Å². The molecule has 0 atom stereocenters. The zero-order chi connectivity index (χ0) is 18.1. The van der Waals surface area contributed by atoms with Gasteiger partial charge in [-0.05, 0) is 29.5 Å². The van der Waals surface area contributed by atoms with E-state index in [0.29, 0.717) is 0 Å². The van der Waals surface area contributed by atoms with Crippen LogP contribution in [0.15, 0.2) is 49.1 Å². The summed E-state index contributed by atoms with van der Waals surface area (Å²) in [6, 6.07) is 12.1. The van der Waals surface area contributed by atoms with Crippen LogP contribution in [0.25, 0.3) is 11.1 Å². The standard InChI is InChI=1S/C21H26O4/c1-5-10-18-17(6-2)19(24-14-22-3)13-20(25-15-23-4)21(18)16-11-8-7-9-12-16/h5,7-9,11-13H,1,6,10,14-15H2,2-4H3. The lowest BCUT2D eigenvalue weighted by molar-refractivity contribution is 0.0458. The van der Waals surface area contributed by atoms with Crippen molar-refractivity contribution in [3.05, 3.63) is 60.2 Å². The third-order valence-corrected chi connectivity index (χ3v) is 3.90. The molecule has 0 saturated carbocycles. The Balaban J connectivity index is 2.69. The van der Waals surface area contributed by atoms with Crippen LogP contribution in [0.5, 0.6) is 11.5 Å². The average Bonchev–Trinajstić information content (AvgIpc) is 2.65. The molecule has 0 unspecified atom stereocenters. The van der Waals surface area contributed by atoms with Gasteiger partial charge in [0.15, 0.2) is 13.6 Å². The summed E-state index contributed by atoms with van der Waals surface area (Å²) in [6.07, 6.45) is 3.47. The summed E-state index contributed by atoms with van der Waals surface area (Å²) in [4.78, 5) is 0. The smallest absolute Gasteiger partial charge is 0.188 e. The van der Waals surface area contributed by atoms with E-state index in [4.69, 9.17) is 18.9 Å². The van der Waals surface area contributed by atoms with Crippen molar-refractivity contribution in [1.29, 1.82) is 0 Å². The number of rotatable bonds is 10. The molecule has 0 saturated heterocycles. The second-order valence-corrected chi connectivity index (χ2v) is 5.52. The molecule has 4 heteroatoms. The summed E-state index contributed by atoms with van der Waals surface area (Å²) in [5, 5.41) is 0. The zero-order valence-electron chi connectivity index (χ0n) is 15.2. The molecule has 0 aliphatic heterocycles. The second kappa shape index (κ2) is 9.87. The van der Waals surface area contributed by atoms with Crippen molar-refractivity contribution in [1.82, 2.24) is 0 Å². The van der Waals surface area contributed by atoms with E-state index < -0.39 is 0 Å². The number of hydrogen-bond donors (Lipinski definition) is 0. The molecular weight excluding hydrogens is 316 g/mol. The summed E-state index contributed by atoms with van der Waals surface area (Å²) in [6.45, 7) is 6.39. The van der Waals surface area contributed by atoms with Gasteiger partial charge in [0.05, 0.1) is 0 Å². The van der Waals surface area contributed by atoms with Gasteiger partial charge in [0, 0.05) is 25.8 Å². The van der Waals surface area contributed by atoms with E-state index >= 15 is 0 Å². The third-order valence-electron chi connectivity index (χ3n) is 3.90. The largest absolute Gasteiger partial charge is 0.467 e. The summed E-state index contributed by atoms with van der Waals surface area (Å²) in [5.74, 6) is 1.50. The molecule has 134 valence electrons. The Bertz CT molecular complexity index is 680. The Kier molecular flexibility index (Phi) is 7.51. The molecular formula is C21H26O4. The van der Waals surface area contributed by atoms with Crippen molar-refractivity contribution in [2.75, 3.05) is 27.8 Å². The van der Waals surface area contributed by atoms with Crippen molar-refractivity contribution in [2.24, 2.45) is 0 Å². The van der Waals surface area contributed by atoms with E-state index in [1.165, 1.54) is 0 Å². The fraction of sp³-hybridized carbons (Fsp3) is 0.333. The van der Waals surface area contributed by atoms with Gasteiger partial charge in [-0.2, -0.15) is 0 Å². The Morgan fingerprint density at radius 1 is 0.920 bits per heavy atom. The fourth-order valence-corrected chi connectivity index (χ4v) is 2.89. The van der Waals surface area contributed by atoms with E-state index in [9.17, 15) is 0 Å². The maximum absolute atomic E-state index is 5.87. The normalized spacial score (nSPS) is 10.5. The van der Waals surface area contributed by atoms with Crippen molar-refractivity contribution < 1.29 is 18.9 Å². The lowest BCUT2D eigenvalue weighted by atomic mass is 9.90. The molecule has 0 aromatic heterocycles. The molecule has 0 heterocycles. The van der Waals surface area contributed by atoms with Crippen LogP contribution in [0.3, 0.4) is 0 Å². The number of hydrogen-bond acceptors (Lipinski definition) is 4. The third kappa shape index (κ3) is 4.62. The highest BCUT2D eigenvalue weighted by Crippen LogP contribution is 2.41. The Hall–Kier alpha value is -2.30. The molecule has 2 rings (SSSR count). The minimum atomic E-state index is 0.169. The zero-order valence-corrected chi connectivity index (χ0v) is 15.2. The topological polar surface area (TPSA) is 36.9 Å². The Labute approximate surface area is 150 Å². The first-order valence-electron chi connectivity index (χ1n) is 8.35. The maximum atomic E-state index is 5.87. The number of ether oxygens (including phenoxy) is 4. The predicted molar refractivity (Wildman–Crippen MR) is 100 cm³/mol. The van der Waals surface area contributed by atoms with Crippen molar-refractivity contribution in [3.8, 4) is 22.6 Å². The van der Waals surface area contributed by atoms with Crippen LogP contribution in [0.2, 0.25) is 0 Å². The highest BCUT2D eigenvalue weighted by molar-refractivity contribution is 5.77. The number of methoxy groups -OCH3 is 2. The van der Waals surface area contributed by atoms with Crippen LogP contribution in [0.4, 0.5) is 0 Å². The van der Waals surface area contributed by atoms with Gasteiger partial charge in [0.2, 0.25) is 0 Å². The van der Waals surface area contributed by atoms with E-state index in [2.05, 4.69) is 25.6 Å². The molecule has 0 radical (unpaired) electrons. The monoisotopic (exact) mass is 342 g/mol. The highest BCUT2D eigenvalue weighted by atomic mass is 16.7. The predicted octanol–water partition coefficient (Wildman–Crippen LogP) is 4.61. The summed E-state index contributed by atoms with van der Waals surface area (Å²) >= 11 is 0. The van der Waals surface area contributed by atoms with Gasteiger partial charge >= 0.3 is 0 Å². The molecule has 0 aliphatic carbocycles. The van der Waals surface area contributed by atoms with Crippen LogP contribution in [0.1, 0.15) is 18.1 Å². The van der Waals surface area contributed by atoms with E-state index in [1.54, 1.807) is 14.2 Å². The summed E-state index contributed by atoms with van der Waals surface area (Å²) in [5.41, 5.74) is 4.45. The lowest BCUT2D eigenvalue weighted by Gasteiger charge is -2.21. The van der Waals surface area contributed by atoms with E-state index in [-0.39, 0.29) is 13.6 Å². The Morgan fingerprint density at radius 3 is 2.12 bits per heavy atom. The second-order valence-electron chi connectivity index (χ2n) is 5.52. The van der Waals surface area contributed by atoms with Crippen molar-refractivity contribution >= 4 is 0 Å². The van der Waals surface area contributed by atoms with Gasteiger partial charge in [-0.25, -0.2) is 0 Å². The van der Waals surface area contributed by atoms with Crippen LogP contribution in [-0.4, -0.2) is 27.8 Å². The summed E-state index contributed by atoms with van der Waals surface area (Å²) < 4.78 is 21.8. The maximum Gasteiger partial charge on any atom is 0.188 e. The number of allylic oxidation sites excluding steroid dienone is 1. The average molecular weight is 342 g/mol.